The van der Waals surface area contributed by atoms with Gasteiger partial charge >= 0.3 is 6.03 Å². The van der Waals surface area contributed by atoms with Gasteiger partial charge < -0.3 is 22.1 Å². The Morgan fingerprint density at radius 2 is 1.57 bits per heavy atom. The molecule has 0 spiro atoms. The predicted molar refractivity (Wildman–Crippen MR) is 81.9 cm³/mol. The summed E-state index contributed by atoms with van der Waals surface area (Å²) in [5.41, 5.74) is 13.1. The highest BCUT2D eigenvalue weighted by Gasteiger charge is 2.05. The van der Waals surface area contributed by atoms with Gasteiger partial charge in [0.15, 0.2) is 0 Å². The zero-order chi connectivity index (χ0) is 15.2. The second-order valence-corrected chi connectivity index (χ2v) is 4.43. The average Bonchev–Trinajstić information content (AvgIpc) is 2.47. The lowest BCUT2D eigenvalue weighted by atomic mass is 10.2. The molecule has 108 valence electrons. The molecule has 0 fully saturated rings. The van der Waals surface area contributed by atoms with Crippen molar-refractivity contribution in [1.29, 1.82) is 0 Å². The van der Waals surface area contributed by atoms with Gasteiger partial charge in [-0.25, -0.2) is 4.79 Å². The summed E-state index contributed by atoms with van der Waals surface area (Å²) >= 11 is 0. The fourth-order valence-corrected chi connectivity index (χ4v) is 1.82. The smallest absolute Gasteiger partial charge is 0.323 e. The standard InChI is InChI=1S/C15H16N4O2/c16-9-10-3-1-5-12(7-10)18-15(21)19-13-6-2-4-11(8-13)14(17)20/h1-8H,9,16H2,(H2,17,20)(H2,18,19,21). The van der Waals surface area contributed by atoms with Gasteiger partial charge in [0.2, 0.25) is 5.91 Å². The molecule has 0 heterocycles. The highest BCUT2D eigenvalue weighted by Crippen LogP contribution is 2.13. The fourth-order valence-electron chi connectivity index (χ4n) is 1.82. The lowest BCUT2D eigenvalue weighted by molar-refractivity contribution is 0.100. The summed E-state index contributed by atoms with van der Waals surface area (Å²) in [4.78, 5) is 23.0. The first-order valence-electron chi connectivity index (χ1n) is 6.35. The van der Waals surface area contributed by atoms with Crippen LogP contribution in [0.5, 0.6) is 0 Å². The van der Waals surface area contributed by atoms with E-state index in [1.807, 2.05) is 12.1 Å². The molecule has 2 aromatic rings. The number of rotatable bonds is 4. The van der Waals surface area contributed by atoms with Gasteiger partial charge in [0.25, 0.3) is 0 Å². The Labute approximate surface area is 122 Å². The minimum atomic E-state index is -0.547. The third-order valence-electron chi connectivity index (χ3n) is 2.83. The molecule has 6 heteroatoms. The third-order valence-corrected chi connectivity index (χ3v) is 2.83. The van der Waals surface area contributed by atoms with E-state index in [0.717, 1.165) is 5.56 Å². The molecule has 21 heavy (non-hydrogen) atoms. The predicted octanol–water partition coefficient (Wildman–Crippen LogP) is 1.89. The summed E-state index contributed by atoms with van der Waals surface area (Å²) in [6.07, 6.45) is 0. The Morgan fingerprint density at radius 3 is 2.19 bits per heavy atom. The van der Waals surface area contributed by atoms with Crippen LogP contribution in [0.4, 0.5) is 16.2 Å². The quantitative estimate of drug-likeness (QED) is 0.688. The number of primary amides is 1. The zero-order valence-electron chi connectivity index (χ0n) is 11.3. The monoisotopic (exact) mass is 284 g/mol. The molecule has 0 aromatic heterocycles. The number of benzene rings is 2. The third kappa shape index (κ3) is 4.05. The summed E-state index contributed by atoms with van der Waals surface area (Å²) in [7, 11) is 0. The largest absolute Gasteiger partial charge is 0.366 e. The van der Waals surface area contributed by atoms with Gasteiger partial charge in [-0.3, -0.25) is 4.79 Å². The summed E-state index contributed by atoms with van der Waals surface area (Å²) in [6.45, 7) is 0.401. The number of nitrogens with two attached hydrogens (primary N) is 2. The van der Waals surface area contributed by atoms with Crippen molar-refractivity contribution in [3.05, 3.63) is 59.7 Å². The first-order chi connectivity index (χ1) is 10.1. The Kier molecular flexibility index (Phi) is 4.53. The number of urea groups is 1. The van der Waals surface area contributed by atoms with Crippen LogP contribution in [-0.2, 0) is 6.54 Å². The molecule has 6 N–H and O–H groups in total. The van der Waals surface area contributed by atoms with E-state index in [4.69, 9.17) is 11.5 Å². The molecule has 0 radical (unpaired) electrons. The number of anilines is 2. The molecule has 3 amide bonds. The van der Waals surface area contributed by atoms with Crippen molar-refractivity contribution in [1.82, 2.24) is 0 Å². The maximum absolute atomic E-state index is 11.9. The van der Waals surface area contributed by atoms with E-state index in [-0.39, 0.29) is 0 Å². The topological polar surface area (TPSA) is 110 Å². The highest BCUT2D eigenvalue weighted by molar-refractivity contribution is 6.01. The van der Waals surface area contributed by atoms with Crippen molar-refractivity contribution in [3.8, 4) is 0 Å². The SMILES string of the molecule is NCc1cccc(NC(=O)Nc2cccc(C(N)=O)c2)c1. The van der Waals surface area contributed by atoms with Gasteiger partial charge in [0.05, 0.1) is 0 Å². The molecule has 6 nitrogen and oxygen atoms in total. The minimum absolute atomic E-state index is 0.331. The van der Waals surface area contributed by atoms with Crippen molar-refractivity contribution in [2.24, 2.45) is 11.5 Å². The summed E-state index contributed by atoms with van der Waals surface area (Å²) < 4.78 is 0. The highest BCUT2D eigenvalue weighted by atomic mass is 16.2. The number of carbonyl (C=O) groups excluding carboxylic acids is 2. The van der Waals surface area contributed by atoms with Crippen molar-refractivity contribution in [2.45, 2.75) is 6.54 Å². The average molecular weight is 284 g/mol. The number of hydrogen-bond donors (Lipinski definition) is 4. The van der Waals surface area contributed by atoms with Crippen LogP contribution in [0.15, 0.2) is 48.5 Å². The second kappa shape index (κ2) is 6.53. The molecule has 0 bridgehead atoms. The van der Waals surface area contributed by atoms with E-state index in [0.29, 0.717) is 23.5 Å². The molecule has 0 aliphatic rings. The number of hydrogen-bond acceptors (Lipinski definition) is 3. The fraction of sp³-hybridized carbons (Fsp3) is 0.0667. The second-order valence-electron chi connectivity index (χ2n) is 4.43. The molecule has 0 unspecified atom stereocenters. The molecule has 2 aromatic carbocycles. The lowest BCUT2D eigenvalue weighted by Crippen LogP contribution is -2.20. The normalized spacial score (nSPS) is 9.95. The van der Waals surface area contributed by atoms with Crippen LogP contribution in [0, 0.1) is 0 Å². The Balaban J connectivity index is 2.04. The van der Waals surface area contributed by atoms with Crippen molar-refractivity contribution in [2.75, 3.05) is 10.6 Å². The molecule has 0 saturated carbocycles. The van der Waals surface area contributed by atoms with Crippen LogP contribution in [0.3, 0.4) is 0 Å². The number of nitrogens with one attached hydrogen (secondary N) is 2. The van der Waals surface area contributed by atoms with Gasteiger partial charge in [-0.15, -0.1) is 0 Å². The maximum atomic E-state index is 11.9. The molecule has 0 saturated heterocycles. The van der Waals surface area contributed by atoms with Gasteiger partial charge in [-0.2, -0.15) is 0 Å². The Morgan fingerprint density at radius 1 is 0.952 bits per heavy atom. The van der Waals surface area contributed by atoms with Crippen molar-refractivity contribution in [3.63, 3.8) is 0 Å². The van der Waals surface area contributed by atoms with Crippen LogP contribution in [0.25, 0.3) is 0 Å². The van der Waals surface area contributed by atoms with E-state index in [2.05, 4.69) is 10.6 Å². The van der Waals surface area contributed by atoms with E-state index in [1.165, 1.54) is 6.07 Å². The van der Waals surface area contributed by atoms with Crippen LogP contribution in [-0.4, -0.2) is 11.9 Å². The Hall–Kier alpha value is -2.86. The summed E-state index contributed by atoms with van der Waals surface area (Å²) in [5, 5.41) is 5.33. The van der Waals surface area contributed by atoms with Crippen LogP contribution in [0.1, 0.15) is 15.9 Å². The zero-order valence-corrected chi connectivity index (χ0v) is 11.3. The van der Waals surface area contributed by atoms with Gasteiger partial charge in [0.1, 0.15) is 0 Å². The first kappa shape index (κ1) is 14.5. The van der Waals surface area contributed by atoms with Crippen molar-refractivity contribution < 1.29 is 9.59 Å². The first-order valence-corrected chi connectivity index (χ1v) is 6.35. The van der Waals surface area contributed by atoms with Gasteiger partial charge in [-0.1, -0.05) is 18.2 Å². The number of amides is 3. The summed E-state index contributed by atoms with van der Waals surface area (Å²) in [6, 6.07) is 13.2. The molecule has 0 aliphatic carbocycles. The van der Waals surface area contributed by atoms with E-state index in [9.17, 15) is 9.59 Å². The van der Waals surface area contributed by atoms with E-state index < -0.39 is 11.9 Å². The molecular formula is C15H16N4O2. The molecular weight excluding hydrogens is 268 g/mol. The molecule has 0 aliphatic heterocycles. The van der Waals surface area contributed by atoms with Gasteiger partial charge in [-0.05, 0) is 35.9 Å². The van der Waals surface area contributed by atoms with Crippen LogP contribution < -0.4 is 22.1 Å². The van der Waals surface area contributed by atoms with Crippen LogP contribution in [0.2, 0.25) is 0 Å². The summed E-state index contributed by atoms with van der Waals surface area (Å²) in [5.74, 6) is -0.547. The van der Waals surface area contributed by atoms with Crippen molar-refractivity contribution >= 4 is 23.3 Å². The van der Waals surface area contributed by atoms with E-state index in [1.54, 1.807) is 30.3 Å². The minimum Gasteiger partial charge on any atom is -0.366 e. The molecule has 2 rings (SSSR count). The Bertz CT molecular complexity index is 670. The van der Waals surface area contributed by atoms with E-state index >= 15 is 0 Å². The lowest BCUT2D eigenvalue weighted by Gasteiger charge is -2.09. The maximum Gasteiger partial charge on any atom is 0.323 e. The van der Waals surface area contributed by atoms with Gasteiger partial charge in [0, 0.05) is 23.5 Å². The van der Waals surface area contributed by atoms with Crippen LogP contribution >= 0.6 is 0 Å². The number of carbonyl (C=O) groups is 2. The molecule has 0 atom stereocenters.